The maximum absolute atomic E-state index is 11.7. The van der Waals surface area contributed by atoms with Gasteiger partial charge in [0.15, 0.2) is 5.54 Å². The minimum absolute atomic E-state index is 0.0318. The van der Waals surface area contributed by atoms with Gasteiger partial charge in [-0.15, -0.1) is 12.3 Å². The highest BCUT2D eigenvalue weighted by Gasteiger charge is 2.48. The van der Waals surface area contributed by atoms with E-state index < -0.39 is 23.2 Å². The van der Waals surface area contributed by atoms with E-state index in [0.717, 1.165) is 0 Å². The molecular formula is C13H17NO4. The number of hydrogen-bond donors (Lipinski definition) is 1. The fourth-order valence-corrected chi connectivity index (χ4v) is 1.62. The van der Waals surface area contributed by atoms with Crippen LogP contribution in [0, 0.1) is 12.3 Å². The predicted octanol–water partition coefficient (Wildman–Crippen LogP) is 1.73. The van der Waals surface area contributed by atoms with Gasteiger partial charge in [-0.05, 0) is 20.8 Å². The Kier molecular flexibility index (Phi) is 3.70. The summed E-state index contributed by atoms with van der Waals surface area (Å²) in [5.74, 6) is 2.04. The van der Waals surface area contributed by atoms with E-state index in [4.69, 9.17) is 15.9 Å². The summed E-state index contributed by atoms with van der Waals surface area (Å²) in [4.78, 5) is 23.5. The molecule has 0 aromatic carbocycles. The molecule has 0 aromatic heterocycles. The van der Waals surface area contributed by atoms with Gasteiger partial charge in [-0.2, -0.15) is 0 Å². The fourth-order valence-electron chi connectivity index (χ4n) is 1.62. The van der Waals surface area contributed by atoms with Gasteiger partial charge >= 0.3 is 12.1 Å². The molecule has 1 heterocycles. The van der Waals surface area contributed by atoms with Crippen LogP contribution in [-0.4, -0.2) is 23.2 Å². The topological polar surface area (TPSA) is 64.6 Å². The molecule has 5 heteroatoms. The first-order valence-electron chi connectivity index (χ1n) is 5.53. The number of esters is 1. The SMILES string of the molecule is C#CCC1(NC(=O)OC(C)(C)C)CC(=C)OC1=O. The van der Waals surface area contributed by atoms with Crippen molar-refractivity contribution in [1.29, 1.82) is 0 Å². The Morgan fingerprint density at radius 3 is 2.67 bits per heavy atom. The van der Waals surface area contributed by atoms with Crippen molar-refractivity contribution in [3.05, 3.63) is 12.3 Å². The van der Waals surface area contributed by atoms with Gasteiger partial charge in [0.1, 0.15) is 11.4 Å². The average molecular weight is 251 g/mol. The Bertz CT molecular complexity index is 427. The van der Waals surface area contributed by atoms with E-state index in [0.29, 0.717) is 0 Å². The van der Waals surface area contributed by atoms with Crippen LogP contribution in [0.2, 0.25) is 0 Å². The molecule has 0 aliphatic carbocycles. The number of alkyl carbamates (subject to hydrolysis) is 1. The predicted molar refractivity (Wildman–Crippen MR) is 65.4 cm³/mol. The number of nitrogens with one attached hydrogen (secondary N) is 1. The second kappa shape index (κ2) is 4.73. The van der Waals surface area contributed by atoms with Crippen molar-refractivity contribution in [3.8, 4) is 12.3 Å². The quantitative estimate of drug-likeness (QED) is 0.599. The first-order valence-corrected chi connectivity index (χ1v) is 5.53. The molecule has 1 atom stereocenters. The first-order chi connectivity index (χ1) is 8.18. The second-order valence-electron chi connectivity index (χ2n) is 5.19. The summed E-state index contributed by atoms with van der Waals surface area (Å²) in [6.07, 6.45) is 4.71. The largest absolute Gasteiger partial charge is 0.444 e. The van der Waals surface area contributed by atoms with Crippen molar-refractivity contribution in [2.24, 2.45) is 0 Å². The highest BCUT2D eigenvalue weighted by atomic mass is 16.6. The van der Waals surface area contributed by atoms with Crippen molar-refractivity contribution >= 4 is 12.1 Å². The lowest BCUT2D eigenvalue weighted by Crippen LogP contribution is -2.53. The standard InChI is InChI=1S/C13H17NO4/c1-6-7-13(8-9(2)17-10(13)15)14-11(16)18-12(3,4)5/h1H,2,7-8H2,3-5H3,(H,14,16). The van der Waals surface area contributed by atoms with Gasteiger partial charge in [0, 0.05) is 12.8 Å². The van der Waals surface area contributed by atoms with Crippen molar-refractivity contribution in [3.63, 3.8) is 0 Å². The number of ether oxygens (including phenoxy) is 2. The molecule has 1 N–H and O–H groups in total. The third-order valence-electron chi connectivity index (χ3n) is 2.27. The third-order valence-corrected chi connectivity index (χ3v) is 2.27. The molecular weight excluding hydrogens is 234 g/mol. The van der Waals surface area contributed by atoms with Crippen molar-refractivity contribution in [1.82, 2.24) is 5.32 Å². The fraction of sp³-hybridized carbons (Fsp3) is 0.538. The molecule has 0 spiro atoms. The highest BCUT2D eigenvalue weighted by molar-refractivity contribution is 5.89. The summed E-state index contributed by atoms with van der Waals surface area (Å²) in [7, 11) is 0. The molecule has 0 saturated carbocycles. The molecule has 0 aromatic rings. The molecule has 5 nitrogen and oxygen atoms in total. The van der Waals surface area contributed by atoms with Gasteiger partial charge in [-0.1, -0.05) is 6.58 Å². The van der Waals surface area contributed by atoms with Crippen LogP contribution in [0.4, 0.5) is 4.79 Å². The van der Waals surface area contributed by atoms with Crippen LogP contribution in [0.25, 0.3) is 0 Å². The third kappa shape index (κ3) is 3.27. The van der Waals surface area contributed by atoms with Crippen LogP contribution in [0.1, 0.15) is 33.6 Å². The molecule has 1 saturated heterocycles. The highest BCUT2D eigenvalue weighted by Crippen LogP contribution is 2.30. The maximum atomic E-state index is 11.7. The molecule has 1 aliphatic rings. The summed E-state index contributed by atoms with van der Waals surface area (Å²) in [6.45, 7) is 8.75. The molecule has 1 fully saturated rings. The molecule has 0 radical (unpaired) electrons. The van der Waals surface area contributed by atoms with Gasteiger partial charge in [0.25, 0.3) is 0 Å². The lowest BCUT2D eigenvalue weighted by Gasteiger charge is -2.26. The zero-order valence-electron chi connectivity index (χ0n) is 10.8. The van der Waals surface area contributed by atoms with Crippen molar-refractivity contribution < 1.29 is 19.1 Å². The number of terminal acetylenes is 1. The number of rotatable bonds is 2. The van der Waals surface area contributed by atoms with Crippen molar-refractivity contribution in [2.75, 3.05) is 0 Å². The van der Waals surface area contributed by atoms with Crippen LogP contribution in [0.5, 0.6) is 0 Å². The zero-order chi connectivity index (χ0) is 14.0. The summed E-state index contributed by atoms with van der Waals surface area (Å²) in [5, 5.41) is 2.49. The number of hydrogen-bond acceptors (Lipinski definition) is 4. The van der Waals surface area contributed by atoms with E-state index >= 15 is 0 Å². The zero-order valence-corrected chi connectivity index (χ0v) is 10.8. The minimum atomic E-state index is -1.26. The van der Waals surface area contributed by atoms with Crippen LogP contribution < -0.4 is 5.32 Å². The van der Waals surface area contributed by atoms with E-state index in [-0.39, 0.29) is 18.6 Å². The minimum Gasteiger partial charge on any atom is -0.444 e. The van der Waals surface area contributed by atoms with Crippen LogP contribution in [0.15, 0.2) is 12.3 Å². The van der Waals surface area contributed by atoms with Gasteiger partial charge in [0.2, 0.25) is 0 Å². The number of cyclic esters (lactones) is 1. The monoisotopic (exact) mass is 251 g/mol. The van der Waals surface area contributed by atoms with Gasteiger partial charge < -0.3 is 14.8 Å². The van der Waals surface area contributed by atoms with E-state index in [1.165, 1.54) is 0 Å². The second-order valence-corrected chi connectivity index (χ2v) is 5.19. The Labute approximate surface area is 107 Å². The lowest BCUT2D eigenvalue weighted by molar-refractivity contribution is -0.141. The molecule has 1 amide bonds. The Morgan fingerprint density at radius 1 is 1.67 bits per heavy atom. The van der Waals surface area contributed by atoms with Gasteiger partial charge in [-0.25, -0.2) is 9.59 Å². The van der Waals surface area contributed by atoms with Gasteiger partial charge in [0.05, 0.1) is 0 Å². The lowest BCUT2D eigenvalue weighted by atomic mass is 9.93. The molecule has 1 unspecified atom stereocenters. The Balaban J connectivity index is 2.82. The normalized spacial score (nSPS) is 23.2. The molecule has 98 valence electrons. The number of amides is 1. The van der Waals surface area contributed by atoms with E-state index in [9.17, 15) is 9.59 Å². The Hall–Kier alpha value is -1.96. The average Bonchev–Trinajstić information content (AvgIpc) is 2.38. The first kappa shape index (κ1) is 14.1. The van der Waals surface area contributed by atoms with Crippen LogP contribution in [-0.2, 0) is 14.3 Å². The summed E-state index contributed by atoms with van der Waals surface area (Å²) in [5.41, 5.74) is -1.91. The maximum Gasteiger partial charge on any atom is 0.408 e. The summed E-state index contributed by atoms with van der Waals surface area (Å²) >= 11 is 0. The molecule has 1 aliphatic heterocycles. The molecule has 0 bridgehead atoms. The van der Waals surface area contributed by atoms with Crippen LogP contribution in [0.3, 0.4) is 0 Å². The van der Waals surface area contributed by atoms with Crippen molar-refractivity contribution in [2.45, 2.75) is 44.8 Å². The summed E-state index contributed by atoms with van der Waals surface area (Å²) < 4.78 is 9.96. The molecule has 18 heavy (non-hydrogen) atoms. The number of carbonyl (C=O) groups is 2. The van der Waals surface area contributed by atoms with E-state index in [1.54, 1.807) is 20.8 Å². The smallest absolute Gasteiger partial charge is 0.408 e. The van der Waals surface area contributed by atoms with E-state index in [2.05, 4.69) is 17.8 Å². The van der Waals surface area contributed by atoms with E-state index in [1.807, 2.05) is 0 Å². The molecule has 1 rings (SSSR count). The Morgan fingerprint density at radius 2 is 2.28 bits per heavy atom. The van der Waals surface area contributed by atoms with Crippen LogP contribution >= 0.6 is 0 Å². The van der Waals surface area contributed by atoms with Gasteiger partial charge in [-0.3, -0.25) is 0 Å². The summed E-state index contributed by atoms with van der Waals surface area (Å²) in [6, 6.07) is 0. The number of carbonyl (C=O) groups excluding carboxylic acids is 2.